The highest BCUT2D eigenvalue weighted by Crippen LogP contribution is 2.30. The molecule has 0 amide bonds. The van der Waals surface area contributed by atoms with E-state index in [0.29, 0.717) is 5.69 Å². The maximum atomic E-state index is 13.3. The van der Waals surface area contributed by atoms with Gasteiger partial charge in [-0.1, -0.05) is 29.3 Å². The van der Waals surface area contributed by atoms with Crippen LogP contribution in [0.1, 0.15) is 25.0 Å². The summed E-state index contributed by atoms with van der Waals surface area (Å²) in [5.74, 6) is -0.646. The SMILES string of the molecule is Cc1cc(C)cc(N(CC(=O)OC(C)C)S(=O)(=O)c2ccc(Cl)c(Cl)c2)c1. The van der Waals surface area contributed by atoms with Gasteiger partial charge in [-0.3, -0.25) is 9.10 Å². The van der Waals surface area contributed by atoms with Gasteiger partial charge in [-0.05, 0) is 69.2 Å². The molecule has 0 N–H and O–H groups in total. The average Bonchev–Trinajstić information content (AvgIpc) is 2.53. The Hall–Kier alpha value is -1.76. The molecule has 0 saturated heterocycles. The topological polar surface area (TPSA) is 63.7 Å². The minimum atomic E-state index is -4.07. The predicted octanol–water partition coefficient (Wildman–Crippen LogP) is 4.76. The van der Waals surface area contributed by atoms with Crippen molar-refractivity contribution >= 4 is 44.9 Å². The summed E-state index contributed by atoms with van der Waals surface area (Å²) in [5.41, 5.74) is 2.12. The second-order valence-corrected chi connectivity index (χ2v) is 9.15. The van der Waals surface area contributed by atoms with E-state index >= 15 is 0 Å². The molecule has 0 aliphatic heterocycles. The largest absolute Gasteiger partial charge is 0.462 e. The van der Waals surface area contributed by atoms with E-state index in [9.17, 15) is 13.2 Å². The average molecular weight is 430 g/mol. The van der Waals surface area contributed by atoms with Crippen LogP contribution in [0.3, 0.4) is 0 Å². The van der Waals surface area contributed by atoms with Crippen molar-refractivity contribution < 1.29 is 17.9 Å². The summed E-state index contributed by atoms with van der Waals surface area (Å²) in [6, 6.07) is 9.34. The number of carbonyl (C=O) groups is 1. The van der Waals surface area contributed by atoms with Gasteiger partial charge in [0.05, 0.1) is 26.7 Å². The van der Waals surface area contributed by atoms with Crippen LogP contribution in [0.15, 0.2) is 41.3 Å². The molecule has 0 radical (unpaired) electrons. The molecular weight excluding hydrogens is 409 g/mol. The van der Waals surface area contributed by atoms with E-state index in [1.165, 1.54) is 18.2 Å². The Balaban J connectivity index is 2.56. The first-order valence-electron chi connectivity index (χ1n) is 8.26. The minimum absolute atomic E-state index is 0.0617. The number of aryl methyl sites for hydroxylation is 2. The molecule has 2 aromatic carbocycles. The zero-order valence-corrected chi connectivity index (χ0v) is 17.8. The molecule has 0 bridgehead atoms. The molecule has 5 nitrogen and oxygen atoms in total. The van der Waals surface area contributed by atoms with Gasteiger partial charge in [-0.15, -0.1) is 0 Å². The van der Waals surface area contributed by atoms with Crippen molar-refractivity contribution in [3.8, 4) is 0 Å². The number of esters is 1. The summed E-state index contributed by atoms with van der Waals surface area (Å²) in [4.78, 5) is 12.2. The molecule has 2 aromatic rings. The zero-order chi connectivity index (χ0) is 20.4. The Morgan fingerprint density at radius 1 is 1.04 bits per heavy atom. The van der Waals surface area contributed by atoms with E-state index in [1.54, 1.807) is 26.0 Å². The third-order valence-corrected chi connectivity index (χ3v) is 6.12. The van der Waals surface area contributed by atoms with Crippen LogP contribution in [-0.4, -0.2) is 27.0 Å². The minimum Gasteiger partial charge on any atom is -0.462 e. The van der Waals surface area contributed by atoms with Gasteiger partial charge >= 0.3 is 5.97 Å². The van der Waals surface area contributed by atoms with E-state index in [2.05, 4.69) is 0 Å². The van der Waals surface area contributed by atoms with Crippen LogP contribution in [0.5, 0.6) is 0 Å². The molecule has 0 atom stereocenters. The van der Waals surface area contributed by atoms with E-state index < -0.39 is 22.5 Å². The first-order valence-corrected chi connectivity index (χ1v) is 10.5. The van der Waals surface area contributed by atoms with Crippen LogP contribution in [0, 0.1) is 13.8 Å². The number of anilines is 1. The summed E-state index contributed by atoms with van der Waals surface area (Å²) in [7, 11) is -4.07. The third kappa shape index (κ3) is 5.37. The number of hydrogen-bond acceptors (Lipinski definition) is 4. The van der Waals surface area contributed by atoms with Crippen molar-refractivity contribution in [1.29, 1.82) is 0 Å². The van der Waals surface area contributed by atoms with Crippen molar-refractivity contribution in [2.45, 2.75) is 38.7 Å². The Morgan fingerprint density at radius 3 is 2.15 bits per heavy atom. The Bertz CT molecular complexity index is 938. The Kier molecular flexibility index (Phi) is 6.78. The van der Waals surface area contributed by atoms with Crippen LogP contribution in [-0.2, 0) is 19.6 Å². The summed E-state index contributed by atoms with van der Waals surface area (Å²) in [6.45, 7) is 6.66. The number of hydrogen-bond donors (Lipinski definition) is 0. The predicted molar refractivity (Wildman–Crippen MR) is 108 cm³/mol. The van der Waals surface area contributed by atoms with Gasteiger partial charge in [0.15, 0.2) is 0 Å². The molecule has 0 unspecified atom stereocenters. The van der Waals surface area contributed by atoms with Gasteiger partial charge in [0.2, 0.25) is 0 Å². The summed E-state index contributed by atoms with van der Waals surface area (Å²) in [6.07, 6.45) is -0.355. The van der Waals surface area contributed by atoms with Gasteiger partial charge < -0.3 is 4.74 Å². The zero-order valence-electron chi connectivity index (χ0n) is 15.5. The fourth-order valence-corrected chi connectivity index (χ4v) is 4.37. The van der Waals surface area contributed by atoms with Crippen LogP contribution in [0.4, 0.5) is 5.69 Å². The highest BCUT2D eigenvalue weighted by Gasteiger charge is 2.29. The molecule has 0 saturated carbocycles. The van der Waals surface area contributed by atoms with Crippen LogP contribution < -0.4 is 4.31 Å². The lowest BCUT2D eigenvalue weighted by molar-refractivity contribution is -0.145. The standard InChI is InChI=1S/C19H21Cl2NO4S/c1-12(2)26-19(23)11-22(15-8-13(3)7-14(4)9-15)27(24,25)16-5-6-17(20)18(21)10-16/h5-10,12H,11H2,1-4H3. The summed E-state index contributed by atoms with van der Waals surface area (Å²) in [5, 5.41) is 0.357. The molecule has 27 heavy (non-hydrogen) atoms. The molecule has 0 aliphatic carbocycles. The quantitative estimate of drug-likeness (QED) is 0.620. The fourth-order valence-electron chi connectivity index (χ4n) is 2.59. The monoisotopic (exact) mass is 429 g/mol. The van der Waals surface area contributed by atoms with Crippen molar-refractivity contribution in [3.05, 3.63) is 57.6 Å². The lowest BCUT2D eigenvalue weighted by Crippen LogP contribution is -2.37. The van der Waals surface area contributed by atoms with Gasteiger partial charge in [0.1, 0.15) is 6.54 Å². The molecule has 0 fully saturated rings. The van der Waals surface area contributed by atoms with Crippen molar-refractivity contribution in [1.82, 2.24) is 0 Å². The smallest absolute Gasteiger partial charge is 0.327 e. The van der Waals surface area contributed by atoms with Crippen LogP contribution in [0.25, 0.3) is 0 Å². The number of nitrogens with zero attached hydrogens (tertiary/aromatic N) is 1. The van der Waals surface area contributed by atoms with E-state index in [4.69, 9.17) is 27.9 Å². The van der Waals surface area contributed by atoms with Gasteiger partial charge in [-0.25, -0.2) is 8.42 Å². The highest BCUT2D eigenvalue weighted by molar-refractivity contribution is 7.92. The lowest BCUT2D eigenvalue weighted by atomic mass is 10.1. The normalized spacial score (nSPS) is 11.5. The van der Waals surface area contributed by atoms with Crippen molar-refractivity contribution in [3.63, 3.8) is 0 Å². The molecule has 8 heteroatoms. The first kappa shape index (κ1) is 21.5. The number of ether oxygens (including phenoxy) is 1. The molecule has 0 spiro atoms. The first-order chi connectivity index (χ1) is 12.5. The summed E-state index contributed by atoms with van der Waals surface area (Å²) < 4.78 is 32.7. The molecule has 146 valence electrons. The van der Waals surface area contributed by atoms with Crippen LogP contribution in [0.2, 0.25) is 10.0 Å². The second kappa shape index (κ2) is 8.50. The molecule has 0 heterocycles. The van der Waals surface area contributed by atoms with Gasteiger partial charge in [-0.2, -0.15) is 0 Å². The fraction of sp³-hybridized carbons (Fsp3) is 0.316. The third-order valence-electron chi connectivity index (χ3n) is 3.61. The lowest BCUT2D eigenvalue weighted by Gasteiger charge is -2.25. The van der Waals surface area contributed by atoms with E-state index in [0.717, 1.165) is 15.4 Å². The van der Waals surface area contributed by atoms with Gasteiger partial charge in [0.25, 0.3) is 10.0 Å². The molecule has 0 aromatic heterocycles. The number of carbonyl (C=O) groups excluding carboxylic acids is 1. The van der Waals surface area contributed by atoms with Crippen LogP contribution >= 0.6 is 23.2 Å². The number of halogens is 2. The molecular formula is C19H21Cl2NO4S. The number of rotatable bonds is 6. The number of sulfonamides is 1. The van der Waals surface area contributed by atoms with Crippen molar-refractivity contribution in [2.75, 3.05) is 10.8 Å². The van der Waals surface area contributed by atoms with Crippen molar-refractivity contribution in [2.24, 2.45) is 0 Å². The maximum absolute atomic E-state index is 13.3. The Morgan fingerprint density at radius 2 is 1.63 bits per heavy atom. The van der Waals surface area contributed by atoms with E-state index in [1.807, 2.05) is 19.9 Å². The van der Waals surface area contributed by atoms with Gasteiger partial charge in [0, 0.05) is 0 Å². The highest BCUT2D eigenvalue weighted by atomic mass is 35.5. The summed E-state index contributed by atoms with van der Waals surface area (Å²) >= 11 is 11.9. The number of benzene rings is 2. The maximum Gasteiger partial charge on any atom is 0.327 e. The second-order valence-electron chi connectivity index (χ2n) is 6.47. The van der Waals surface area contributed by atoms with E-state index in [-0.39, 0.29) is 21.0 Å². The Labute approximate surface area is 169 Å². The molecule has 2 rings (SSSR count). The molecule has 0 aliphatic rings.